The molecule has 0 heterocycles. The maximum Gasteiger partial charge on any atom is 0.294 e. The Bertz CT molecular complexity index is 956. The highest BCUT2D eigenvalue weighted by atomic mass is 35.5. The van der Waals surface area contributed by atoms with Crippen molar-refractivity contribution in [3.63, 3.8) is 0 Å². The van der Waals surface area contributed by atoms with Crippen LogP contribution in [0.3, 0.4) is 0 Å². The normalized spacial score (nSPS) is 14.0. The van der Waals surface area contributed by atoms with Crippen LogP contribution in [-0.4, -0.2) is 21.1 Å². The average molecular weight is 430 g/mol. The summed E-state index contributed by atoms with van der Waals surface area (Å²) in [7, 11) is 0. The summed E-state index contributed by atoms with van der Waals surface area (Å²) in [5.74, 6) is -1.07. The number of aliphatic hydroxyl groups excluding tert-OH is 1. The van der Waals surface area contributed by atoms with E-state index in [1.54, 1.807) is 0 Å². The van der Waals surface area contributed by atoms with Crippen LogP contribution < -0.4 is 0 Å². The van der Waals surface area contributed by atoms with E-state index >= 15 is 0 Å². The van der Waals surface area contributed by atoms with Gasteiger partial charge in [0.1, 0.15) is 5.56 Å². The van der Waals surface area contributed by atoms with E-state index in [1.165, 1.54) is 17.2 Å². The van der Waals surface area contributed by atoms with Crippen LogP contribution in [-0.2, 0) is 0 Å². The molecule has 160 valence electrons. The number of aliphatic hydroxyl groups is 1. The molecule has 0 aromatic heterocycles. The molecule has 0 unspecified atom stereocenters. The van der Waals surface area contributed by atoms with Crippen molar-refractivity contribution in [3.05, 3.63) is 74.4 Å². The number of aromatic hydroxyl groups is 2. The van der Waals surface area contributed by atoms with E-state index < -0.39 is 5.78 Å². The van der Waals surface area contributed by atoms with E-state index in [-0.39, 0.29) is 27.9 Å². The number of rotatable bonds is 7. The van der Waals surface area contributed by atoms with Gasteiger partial charge < -0.3 is 15.3 Å². The summed E-state index contributed by atoms with van der Waals surface area (Å²) < 4.78 is 0. The molecule has 1 aromatic carbocycles. The van der Waals surface area contributed by atoms with E-state index in [0.717, 1.165) is 30.1 Å². The van der Waals surface area contributed by atoms with Gasteiger partial charge in [0.2, 0.25) is 10.8 Å². The molecule has 0 atom stereocenters. The molecule has 0 aliphatic heterocycles. The van der Waals surface area contributed by atoms with Crippen LogP contribution in [0.4, 0.5) is 0 Å². The molecule has 3 N–H and O–H groups in total. The van der Waals surface area contributed by atoms with Gasteiger partial charge in [-0.15, -0.1) is 0 Å². The van der Waals surface area contributed by atoms with Gasteiger partial charge in [0.05, 0.1) is 12.0 Å². The molecular formula is C25H30ClO4+. The first-order valence-electron chi connectivity index (χ1n) is 10.0. The maximum absolute atomic E-state index is 12.5. The lowest BCUT2D eigenvalue weighted by Gasteiger charge is -2.20. The minimum atomic E-state index is -0.654. The van der Waals surface area contributed by atoms with E-state index in [2.05, 4.69) is 32.9 Å². The summed E-state index contributed by atoms with van der Waals surface area (Å²) in [4.78, 5) is 12.5. The third kappa shape index (κ3) is 5.51. The number of benzene rings is 1. The third-order valence-corrected chi connectivity index (χ3v) is 5.58. The predicted octanol–water partition coefficient (Wildman–Crippen LogP) is 7.03. The zero-order valence-electron chi connectivity index (χ0n) is 18.3. The Balaban J connectivity index is 2.32. The van der Waals surface area contributed by atoms with Gasteiger partial charge in [0.25, 0.3) is 5.78 Å². The molecule has 0 fully saturated rings. The molecule has 1 aliphatic rings. The van der Waals surface area contributed by atoms with Gasteiger partial charge in [-0.3, -0.25) is 4.79 Å². The van der Waals surface area contributed by atoms with Crippen LogP contribution in [0.25, 0.3) is 0 Å². The maximum atomic E-state index is 12.5. The highest BCUT2D eigenvalue weighted by Gasteiger charge is 2.43. The highest BCUT2D eigenvalue weighted by molar-refractivity contribution is 6.46. The number of allylic oxidation sites excluding steroid dienone is 8. The standard InChI is InChI=1S/C25H29ClO4/c1-14(2)7-6-8-16(5)9-10-17(15(3)4)11-20-19-12-18(27)13-21(28)22(19)25(30)23(26)24(20)29/h7,9,12-13H,6,8,10-11H2,1-5H3,(H2-,27,28,29,30)/p+1/b16-9+. The number of carbonyl (C=O) groups is 1. The molecular weight excluding hydrogens is 400 g/mol. The van der Waals surface area contributed by atoms with Crippen molar-refractivity contribution in [2.75, 3.05) is 0 Å². The van der Waals surface area contributed by atoms with Gasteiger partial charge in [-0.1, -0.05) is 34.4 Å². The van der Waals surface area contributed by atoms with Gasteiger partial charge >= 0.3 is 0 Å². The van der Waals surface area contributed by atoms with Gasteiger partial charge in [0, 0.05) is 12.5 Å². The summed E-state index contributed by atoms with van der Waals surface area (Å²) in [5.41, 5.74) is 5.08. The van der Waals surface area contributed by atoms with Gasteiger partial charge in [0.15, 0.2) is 17.1 Å². The first-order chi connectivity index (χ1) is 14.0. The molecule has 5 heteroatoms. The lowest BCUT2D eigenvalue weighted by molar-refractivity contribution is 0.103. The first kappa shape index (κ1) is 23.7. The number of halogens is 1. The summed E-state index contributed by atoms with van der Waals surface area (Å²) in [5, 5.41) is 30.4. The molecule has 0 radical (unpaired) electrons. The van der Waals surface area contributed by atoms with E-state index in [4.69, 9.17) is 11.6 Å². The molecule has 0 spiro atoms. The second-order valence-electron chi connectivity index (χ2n) is 8.21. The highest BCUT2D eigenvalue weighted by Crippen LogP contribution is 2.44. The molecule has 30 heavy (non-hydrogen) atoms. The van der Waals surface area contributed by atoms with Gasteiger partial charge in [-0.25, -0.2) is 0 Å². The summed E-state index contributed by atoms with van der Waals surface area (Å²) in [6.45, 7) is 10.3. The fourth-order valence-electron chi connectivity index (χ4n) is 3.40. The summed E-state index contributed by atoms with van der Waals surface area (Å²) in [6.07, 6.45) is 7.43. The first-order valence-corrected chi connectivity index (χ1v) is 10.4. The monoisotopic (exact) mass is 429 g/mol. The third-order valence-electron chi connectivity index (χ3n) is 5.23. The molecule has 1 aliphatic carbocycles. The second-order valence-corrected chi connectivity index (χ2v) is 8.59. The van der Waals surface area contributed by atoms with Crippen LogP contribution in [0.2, 0.25) is 0 Å². The van der Waals surface area contributed by atoms with Crippen molar-refractivity contribution >= 4 is 17.4 Å². The fourth-order valence-corrected chi connectivity index (χ4v) is 3.61. The minimum Gasteiger partial charge on any atom is -0.499 e. The van der Waals surface area contributed by atoms with Crippen molar-refractivity contribution in [1.82, 2.24) is 0 Å². The van der Waals surface area contributed by atoms with Gasteiger partial charge in [-0.2, -0.15) is 0 Å². The van der Waals surface area contributed by atoms with Crippen LogP contribution in [0.1, 0.15) is 76.2 Å². The summed E-state index contributed by atoms with van der Waals surface area (Å²) in [6, 6.07) is 2.48. The number of ketones is 1. The topological polar surface area (TPSA) is 77.8 Å². The van der Waals surface area contributed by atoms with E-state index in [9.17, 15) is 20.1 Å². The largest absolute Gasteiger partial charge is 0.499 e. The van der Waals surface area contributed by atoms with Crippen molar-refractivity contribution in [1.29, 1.82) is 0 Å². The van der Waals surface area contributed by atoms with Crippen molar-refractivity contribution in [2.24, 2.45) is 0 Å². The molecule has 2 rings (SSSR count). The molecule has 0 saturated carbocycles. The Morgan fingerprint density at radius 1 is 1.07 bits per heavy atom. The van der Waals surface area contributed by atoms with Crippen LogP contribution in [0, 0.1) is 5.92 Å². The molecule has 4 nitrogen and oxygen atoms in total. The van der Waals surface area contributed by atoms with Crippen molar-refractivity contribution < 1.29 is 20.1 Å². The molecule has 0 bridgehead atoms. The Morgan fingerprint density at radius 3 is 2.33 bits per heavy atom. The Kier molecular flexibility index (Phi) is 7.85. The lowest BCUT2D eigenvalue weighted by Crippen LogP contribution is -2.20. The summed E-state index contributed by atoms with van der Waals surface area (Å²) >= 11 is 6.08. The molecule has 0 saturated heterocycles. The van der Waals surface area contributed by atoms with Crippen molar-refractivity contribution in [2.45, 2.75) is 60.3 Å². The van der Waals surface area contributed by atoms with Crippen molar-refractivity contribution in [3.8, 4) is 11.5 Å². The van der Waals surface area contributed by atoms with Gasteiger partial charge in [-0.05, 0) is 65.5 Å². The number of carbonyl (C=O) groups excluding carboxylic acids is 1. The Hall–Kier alpha value is -2.59. The Labute approximate surface area is 183 Å². The number of hydrogen-bond donors (Lipinski definition) is 3. The van der Waals surface area contributed by atoms with E-state index in [1.807, 2.05) is 13.8 Å². The van der Waals surface area contributed by atoms with E-state index in [0.29, 0.717) is 24.3 Å². The number of phenols is 2. The van der Waals surface area contributed by atoms with Crippen LogP contribution >= 0.6 is 11.6 Å². The smallest absolute Gasteiger partial charge is 0.294 e. The SMILES string of the molecule is CC(C)=CCC/C(C)=C/CC(C[C+]1C(O)=C(Cl)C(=O)c2c(O)cc(O)cc21)=C(C)C. The zero-order chi connectivity index (χ0) is 22.6. The van der Waals surface area contributed by atoms with Crippen LogP contribution in [0.5, 0.6) is 11.5 Å². The number of hydrogen-bond acceptors (Lipinski definition) is 4. The molecule has 0 amide bonds. The fraction of sp³-hybridized carbons (Fsp3) is 0.360. The number of fused-ring (bicyclic) bond motifs is 1. The zero-order valence-corrected chi connectivity index (χ0v) is 19.0. The number of Topliss-reactive ketones (excluding diaryl/α,β-unsaturated/α-hetero) is 1. The average Bonchev–Trinajstić information content (AvgIpc) is 2.64. The number of phenolic OH excluding ortho intramolecular Hbond substituents is 2. The minimum absolute atomic E-state index is 0.00662. The Morgan fingerprint density at radius 2 is 1.73 bits per heavy atom. The lowest BCUT2D eigenvalue weighted by atomic mass is 9.80. The second kappa shape index (κ2) is 9.94. The quantitative estimate of drug-likeness (QED) is 0.321. The molecule has 1 aromatic rings. The predicted molar refractivity (Wildman–Crippen MR) is 122 cm³/mol. The van der Waals surface area contributed by atoms with Crippen LogP contribution in [0.15, 0.2) is 57.4 Å².